The van der Waals surface area contributed by atoms with E-state index in [4.69, 9.17) is 9.47 Å². The van der Waals surface area contributed by atoms with Crippen molar-refractivity contribution >= 4 is 11.8 Å². The lowest BCUT2D eigenvalue weighted by Gasteiger charge is -2.35. The summed E-state index contributed by atoms with van der Waals surface area (Å²) in [5.41, 5.74) is 0. The third-order valence-corrected chi connectivity index (χ3v) is 3.60. The van der Waals surface area contributed by atoms with Crippen molar-refractivity contribution in [3.8, 4) is 0 Å². The molecule has 3 heterocycles. The molecule has 0 aliphatic carbocycles. The highest BCUT2D eigenvalue weighted by Crippen LogP contribution is 2.17. The second kappa shape index (κ2) is 6.15. The van der Waals surface area contributed by atoms with Crippen LogP contribution in [-0.4, -0.2) is 66.1 Å². The molecule has 2 saturated heterocycles. The molecule has 0 bridgehead atoms. The summed E-state index contributed by atoms with van der Waals surface area (Å²) < 4.78 is 10.7. The van der Waals surface area contributed by atoms with Gasteiger partial charge in [-0.25, -0.2) is 0 Å². The lowest BCUT2D eigenvalue weighted by Crippen LogP contribution is -2.51. The van der Waals surface area contributed by atoms with E-state index in [1.807, 2.05) is 12.1 Å². The van der Waals surface area contributed by atoms with Crippen molar-refractivity contribution in [2.45, 2.75) is 18.6 Å². The van der Waals surface area contributed by atoms with Crippen LogP contribution >= 0.6 is 0 Å². The molecule has 0 radical (unpaired) electrons. The number of carbonyl (C=O) groups is 1. The minimum atomic E-state index is -0.104. The van der Waals surface area contributed by atoms with Gasteiger partial charge in [0.15, 0.2) is 0 Å². The normalized spacial score (nSPS) is 27.3. The van der Waals surface area contributed by atoms with Gasteiger partial charge in [-0.1, -0.05) is 0 Å². The molecule has 0 aromatic carbocycles. The van der Waals surface area contributed by atoms with E-state index in [1.54, 1.807) is 6.20 Å². The zero-order chi connectivity index (χ0) is 13.8. The number of rotatable bonds is 4. The van der Waals surface area contributed by atoms with Crippen LogP contribution in [0.15, 0.2) is 18.3 Å². The first-order valence-corrected chi connectivity index (χ1v) is 6.87. The summed E-state index contributed by atoms with van der Waals surface area (Å²) in [5.74, 6) is 0.626. The van der Waals surface area contributed by atoms with Crippen LogP contribution in [0.1, 0.15) is 6.42 Å². The molecule has 7 nitrogen and oxygen atoms in total. The van der Waals surface area contributed by atoms with Crippen LogP contribution in [0.4, 0.5) is 5.82 Å². The lowest BCUT2D eigenvalue weighted by molar-refractivity contribution is -0.144. The molecule has 3 rings (SSSR count). The quantitative estimate of drug-likeness (QED) is 0.771. The smallest absolute Gasteiger partial charge is 0.323 e. The maximum absolute atomic E-state index is 11.6. The molecule has 20 heavy (non-hydrogen) atoms. The second-order valence-corrected chi connectivity index (χ2v) is 4.95. The standard InChI is InChI=1S/C13H18N4O3/c18-13-11(3-6-20-13)17-5-7-19-10(9-17)8-14-12-2-1-4-15-16-12/h1-2,4,10-11H,3,5-9H2,(H,14,16)/t10-,11+/m0/s1. The van der Waals surface area contributed by atoms with Gasteiger partial charge < -0.3 is 14.8 Å². The van der Waals surface area contributed by atoms with Crippen LogP contribution in [0.3, 0.4) is 0 Å². The number of hydrogen-bond donors (Lipinski definition) is 1. The van der Waals surface area contributed by atoms with Gasteiger partial charge in [0.05, 0.1) is 19.3 Å². The maximum atomic E-state index is 11.6. The van der Waals surface area contributed by atoms with E-state index in [0.29, 0.717) is 19.8 Å². The van der Waals surface area contributed by atoms with Crippen molar-refractivity contribution in [2.24, 2.45) is 0 Å². The van der Waals surface area contributed by atoms with Gasteiger partial charge in [-0.15, -0.1) is 5.10 Å². The first-order chi connectivity index (χ1) is 9.83. The largest absolute Gasteiger partial charge is 0.464 e. The Morgan fingerprint density at radius 1 is 1.45 bits per heavy atom. The third kappa shape index (κ3) is 3.05. The molecule has 108 valence electrons. The number of morpholine rings is 1. The van der Waals surface area contributed by atoms with E-state index in [1.165, 1.54) is 0 Å². The molecule has 0 spiro atoms. The molecule has 1 aromatic heterocycles. The predicted octanol–water partition coefficient (Wildman–Crippen LogP) is -0.0952. The monoisotopic (exact) mass is 278 g/mol. The minimum absolute atomic E-state index is 0.0409. The number of aromatic nitrogens is 2. The average Bonchev–Trinajstić information content (AvgIpc) is 2.93. The molecular weight excluding hydrogens is 260 g/mol. The van der Waals surface area contributed by atoms with Gasteiger partial charge in [0.1, 0.15) is 11.9 Å². The van der Waals surface area contributed by atoms with E-state index < -0.39 is 0 Å². The van der Waals surface area contributed by atoms with Crippen molar-refractivity contribution in [2.75, 3.05) is 38.2 Å². The Labute approximate surface area is 117 Å². The Morgan fingerprint density at radius 2 is 2.40 bits per heavy atom. The Hall–Kier alpha value is -1.73. The first-order valence-electron chi connectivity index (χ1n) is 6.87. The molecule has 0 saturated carbocycles. The van der Waals surface area contributed by atoms with Gasteiger partial charge in [-0.2, -0.15) is 5.10 Å². The second-order valence-electron chi connectivity index (χ2n) is 4.95. The van der Waals surface area contributed by atoms with Crippen LogP contribution in [0.2, 0.25) is 0 Å². The first kappa shape index (κ1) is 13.3. The van der Waals surface area contributed by atoms with Crippen LogP contribution in [0.25, 0.3) is 0 Å². The third-order valence-electron chi connectivity index (χ3n) is 3.60. The van der Waals surface area contributed by atoms with Crippen molar-refractivity contribution in [3.63, 3.8) is 0 Å². The zero-order valence-corrected chi connectivity index (χ0v) is 11.2. The van der Waals surface area contributed by atoms with Crippen LogP contribution in [0, 0.1) is 0 Å². The summed E-state index contributed by atoms with van der Waals surface area (Å²) in [5, 5.41) is 11.0. The van der Waals surface area contributed by atoms with E-state index in [0.717, 1.165) is 25.3 Å². The number of cyclic esters (lactones) is 1. The summed E-state index contributed by atoms with van der Waals surface area (Å²) in [7, 11) is 0. The topological polar surface area (TPSA) is 76.6 Å². The van der Waals surface area contributed by atoms with Crippen molar-refractivity contribution in [3.05, 3.63) is 18.3 Å². The van der Waals surface area contributed by atoms with Crippen molar-refractivity contribution in [1.82, 2.24) is 15.1 Å². The van der Waals surface area contributed by atoms with E-state index in [2.05, 4.69) is 20.4 Å². The number of carbonyl (C=O) groups excluding carboxylic acids is 1. The van der Waals surface area contributed by atoms with Crippen LogP contribution in [0.5, 0.6) is 0 Å². The number of esters is 1. The number of anilines is 1. The average molecular weight is 278 g/mol. The van der Waals surface area contributed by atoms with Gasteiger partial charge in [-0.3, -0.25) is 9.69 Å². The number of nitrogens with zero attached hydrogens (tertiary/aromatic N) is 3. The summed E-state index contributed by atoms with van der Waals surface area (Å²) in [6, 6.07) is 3.60. The fraction of sp³-hybridized carbons (Fsp3) is 0.615. The Kier molecular flexibility index (Phi) is 4.08. The minimum Gasteiger partial charge on any atom is -0.464 e. The molecule has 7 heteroatoms. The van der Waals surface area contributed by atoms with Gasteiger partial charge in [0.2, 0.25) is 0 Å². The van der Waals surface area contributed by atoms with Crippen molar-refractivity contribution < 1.29 is 14.3 Å². The summed E-state index contributed by atoms with van der Waals surface area (Å²) >= 11 is 0. The van der Waals surface area contributed by atoms with Gasteiger partial charge in [-0.05, 0) is 12.1 Å². The molecule has 2 atom stereocenters. The Bertz CT molecular complexity index is 456. The highest BCUT2D eigenvalue weighted by atomic mass is 16.5. The Morgan fingerprint density at radius 3 is 3.15 bits per heavy atom. The molecule has 2 aliphatic rings. The number of hydrogen-bond acceptors (Lipinski definition) is 7. The predicted molar refractivity (Wildman–Crippen MR) is 71.2 cm³/mol. The highest BCUT2D eigenvalue weighted by molar-refractivity contribution is 5.77. The molecule has 2 aliphatic heterocycles. The van der Waals surface area contributed by atoms with E-state index in [9.17, 15) is 4.79 Å². The number of nitrogens with one attached hydrogen (secondary N) is 1. The fourth-order valence-corrected chi connectivity index (χ4v) is 2.58. The van der Waals surface area contributed by atoms with Crippen molar-refractivity contribution in [1.29, 1.82) is 0 Å². The summed E-state index contributed by atoms with van der Waals surface area (Å²) in [4.78, 5) is 13.8. The van der Waals surface area contributed by atoms with Gasteiger partial charge in [0, 0.05) is 32.3 Å². The maximum Gasteiger partial charge on any atom is 0.323 e. The molecule has 2 fully saturated rings. The van der Waals surface area contributed by atoms with Gasteiger partial charge in [0.25, 0.3) is 0 Å². The molecule has 0 unspecified atom stereocenters. The van der Waals surface area contributed by atoms with Gasteiger partial charge >= 0.3 is 5.97 Å². The lowest BCUT2D eigenvalue weighted by atomic mass is 10.1. The SMILES string of the molecule is O=C1OCC[C@H]1N1CCO[C@@H](CNc2cccnn2)C1. The molecule has 0 amide bonds. The summed E-state index contributed by atoms with van der Waals surface area (Å²) in [6.45, 7) is 3.32. The number of ether oxygens (including phenoxy) is 2. The summed E-state index contributed by atoms with van der Waals surface area (Å²) in [6.07, 6.45) is 2.46. The van der Waals surface area contributed by atoms with Crippen LogP contribution in [-0.2, 0) is 14.3 Å². The van der Waals surface area contributed by atoms with E-state index in [-0.39, 0.29) is 18.1 Å². The fourth-order valence-electron chi connectivity index (χ4n) is 2.58. The van der Waals surface area contributed by atoms with E-state index >= 15 is 0 Å². The molecule has 1 N–H and O–H groups in total. The molecule has 1 aromatic rings. The van der Waals surface area contributed by atoms with Crippen LogP contribution < -0.4 is 5.32 Å². The Balaban J connectivity index is 1.52. The highest BCUT2D eigenvalue weighted by Gasteiger charge is 2.35. The molecular formula is C13H18N4O3. The zero-order valence-electron chi connectivity index (χ0n) is 11.2.